The van der Waals surface area contributed by atoms with Gasteiger partial charge in [-0.2, -0.15) is 0 Å². The molecule has 0 radical (unpaired) electrons. The van der Waals surface area contributed by atoms with Crippen LogP contribution in [0, 0.1) is 0 Å². The molecule has 0 amide bonds. The van der Waals surface area contributed by atoms with Crippen LogP contribution in [0.5, 0.6) is 0 Å². The second-order valence-corrected chi connectivity index (χ2v) is 1.93. The first-order chi connectivity index (χ1) is 4.83. The molecule has 3 heteroatoms. The van der Waals surface area contributed by atoms with Gasteiger partial charge in [0.2, 0.25) is 0 Å². The fraction of sp³-hybridized carbons (Fsp3) is 0.714. The topological polar surface area (TPSA) is 29.5 Å². The average Bonchev–Trinajstić information content (AvgIpc) is 2.01. The maximum Gasteiger partial charge on any atom is 0.100 e. The van der Waals surface area contributed by atoms with Crippen molar-refractivity contribution in [1.82, 2.24) is 0 Å². The Kier molecular flexibility index (Phi) is 20.1. The van der Waals surface area contributed by atoms with Crippen molar-refractivity contribution < 1.29 is 10.1 Å². The van der Waals surface area contributed by atoms with Gasteiger partial charge in [-0.1, -0.05) is 19.1 Å². The molecule has 0 rings (SSSR count). The van der Waals surface area contributed by atoms with E-state index in [-0.39, 0.29) is 6.61 Å². The van der Waals surface area contributed by atoms with Crippen molar-refractivity contribution in [2.75, 3.05) is 12.5 Å². The van der Waals surface area contributed by atoms with Crippen molar-refractivity contribution in [3.63, 3.8) is 0 Å². The number of alkyl halides is 1. The zero-order chi connectivity index (χ0) is 8.24. The quantitative estimate of drug-likeness (QED) is 0.302. The summed E-state index contributed by atoms with van der Waals surface area (Å²) in [6.07, 6.45) is 4.60. The van der Waals surface area contributed by atoms with Crippen molar-refractivity contribution >= 4 is 11.6 Å². The maximum atomic E-state index is 7.65. The van der Waals surface area contributed by atoms with Crippen LogP contribution in [0.15, 0.2) is 12.2 Å². The summed E-state index contributed by atoms with van der Waals surface area (Å²) in [7, 11) is 0. The first-order valence-corrected chi connectivity index (χ1v) is 3.80. The first-order valence-electron chi connectivity index (χ1n) is 3.26. The third-order valence-electron chi connectivity index (χ3n) is 0.595. The van der Waals surface area contributed by atoms with Crippen LogP contribution in [0.4, 0.5) is 0 Å². The molecule has 0 atom stereocenters. The second kappa shape index (κ2) is 16.0. The smallest absolute Gasteiger partial charge is 0.100 e. The van der Waals surface area contributed by atoms with E-state index in [9.17, 15) is 0 Å². The van der Waals surface area contributed by atoms with Gasteiger partial charge >= 0.3 is 0 Å². The molecule has 0 aromatic rings. The van der Waals surface area contributed by atoms with Gasteiger partial charge in [-0.05, 0) is 13.3 Å². The van der Waals surface area contributed by atoms with Gasteiger partial charge in [-0.3, -0.25) is 5.26 Å². The summed E-state index contributed by atoms with van der Waals surface area (Å²) < 4.78 is 0. The Morgan fingerprint density at radius 1 is 1.60 bits per heavy atom. The molecule has 10 heavy (non-hydrogen) atoms. The van der Waals surface area contributed by atoms with E-state index in [2.05, 4.69) is 4.89 Å². The molecule has 0 bridgehead atoms. The number of hydrogen-bond donors (Lipinski definition) is 1. The maximum absolute atomic E-state index is 7.65. The molecule has 0 unspecified atom stereocenters. The number of hydrogen-bond acceptors (Lipinski definition) is 2. The molecule has 62 valence electrons. The van der Waals surface area contributed by atoms with Crippen molar-refractivity contribution in [1.29, 1.82) is 0 Å². The van der Waals surface area contributed by atoms with E-state index in [0.29, 0.717) is 0 Å². The molecule has 1 N–H and O–H groups in total. The van der Waals surface area contributed by atoms with Gasteiger partial charge in [0.25, 0.3) is 0 Å². The lowest BCUT2D eigenvalue weighted by Crippen LogP contribution is -1.79. The molecule has 0 aliphatic carbocycles. The average molecular weight is 167 g/mol. The van der Waals surface area contributed by atoms with Crippen molar-refractivity contribution in [3.8, 4) is 0 Å². The van der Waals surface area contributed by atoms with Crippen LogP contribution in [0.2, 0.25) is 0 Å². The van der Waals surface area contributed by atoms with Crippen LogP contribution in [-0.2, 0) is 4.89 Å². The molecule has 0 aliphatic rings. The number of allylic oxidation sites excluding steroid dienone is 1. The van der Waals surface area contributed by atoms with Crippen LogP contribution in [0.3, 0.4) is 0 Å². The molecule has 0 spiro atoms. The van der Waals surface area contributed by atoms with Gasteiger partial charge < -0.3 is 0 Å². The fourth-order valence-electron chi connectivity index (χ4n) is 0.139. The highest BCUT2D eigenvalue weighted by Gasteiger charge is 1.64. The Labute approximate surface area is 67.4 Å². The Bertz CT molecular complexity index is 62.6. The lowest BCUT2D eigenvalue weighted by Gasteiger charge is -1.79. The summed E-state index contributed by atoms with van der Waals surface area (Å²) in [5.41, 5.74) is 0. The largest absolute Gasteiger partial charge is 0.252 e. The third kappa shape index (κ3) is 24.6. The van der Waals surface area contributed by atoms with Gasteiger partial charge in [-0.25, -0.2) is 4.89 Å². The summed E-state index contributed by atoms with van der Waals surface area (Å²) >= 11 is 5.19. The fourth-order valence-corrected chi connectivity index (χ4v) is 0.139. The lowest BCUT2D eigenvalue weighted by molar-refractivity contribution is -0.231. The minimum atomic E-state index is 0.288. The molecular weight excluding hydrogens is 152 g/mol. The monoisotopic (exact) mass is 166 g/mol. The van der Waals surface area contributed by atoms with E-state index in [1.165, 1.54) is 0 Å². The summed E-state index contributed by atoms with van der Waals surface area (Å²) in [5.74, 6) is 0.792. The predicted molar refractivity (Wildman–Crippen MR) is 44.4 cm³/mol. The van der Waals surface area contributed by atoms with Crippen LogP contribution in [-0.4, -0.2) is 17.7 Å². The number of halogens is 1. The standard InChI is InChI=1S/C4H8O2.C3H7Cl/c1-2-3-4-6-5;1-2-3-4/h2-3,5H,4H2,1H3;2-3H2,1H3/b3-2+;. The Balaban J connectivity index is 0. The zero-order valence-corrected chi connectivity index (χ0v) is 7.27. The minimum Gasteiger partial charge on any atom is -0.252 e. The molecule has 0 fully saturated rings. The van der Waals surface area contributed by atoms with Crippen molar-refractivity contribution in [2.24, 2.45) is 0 Å². The molecule has 0 saturated heterocycles. The van der Waals surface area contributed by atoms with Gasteiger partial charge in [0, 0.05) is 5.88 Å². The summed E-state index contributed by atoms with van der Waals surface area (Å²) in [6, 6.07) is 0. The summed E-state index contributed by atoms with van der Waals surface area (Å²) in [4.78, 5) is 3.70. The minimum absolute atomic E-state index is 0.288. The summed E-state index contributed by atoms with van der Waals surface area (Å²) in [5, 5.41) is 7.65. The van der Waals surface area contributed by atoms with E-state index >= 15 is 0 Å². The highest BCUT2D eigenvalue weighted by atomic mass is 35.5. The second-order valence-electron chi connectivity index (χ2n) is 1.55. The molecule has 0 saturated carbocycles. The van der Waals surface area contributed by atoms with Gasteiger partial charge in [0.1, 0.15) is 6.61 Å². The number of rotatable bonds is 3. The first kappa shape index (κ1) is 12.6. The van der Waals surface area contributed by atoms with Crippen molar-refractivity contribution in [3.05, 3.63) is 12.2 Å². The van der Waals surface area contributed by atoms with E-state index < -0.39 is 0 Å². The Morgan fingerprint density at radius 3 is 2.20 bits per heavy atom. The SMILES string of the molecule is C/C=C/COO.CCCCl. The molecule has 0 heterocycles. The Hall–Kier alpha value is -0.0500. The van der Waals surface area contributed by atoms with Gasteiger partial charge in [0.05, 0.1) is 0 Å². The van der Waals surface area contributed by atoms with Crippen LogP contribution in [0.1, 0.15) is 20.3 Å². The van der Waals surface area contributed by atoms with E-state index in [1.807, 2.05) is 13.8 Å². The Morgan fingerprint density at radius 2 is 2.10 bits per heavy atom. The third-order valence-corrected chi connectivity index (χ3v) is 0.973. The van der Waals surface area contributed by atoms with Crippen molar-refractivity contribution in [2.45, 2.75) is 20.3 Å². The molecule has 0 aliphatic heterocycles. The van der Waals surface area contributed by atoms with Crippen LogP contribution >= 0.6 is 11.6 Å². The highest BCUT2D eigenvalue weighted by molar-refractivity contribution is 6.17. The molecule has 2 nitrogen and oxygen atoms in total. The summed E-state index contributed by atoms with van der Waals surface area (Å²) in [6.45, 7) is 4.20. The molecule has 0 aromatic carbocycles. The molecular formula is C7H15ClO2. The zero-order valence-electron chi connectivity index (χ0n) is 6.51. The van der Waals surface area contributed by atoms with E-state index in [4.69, 9.17) is 16.9 Å². The lowest BCUT2D eigenvalue weighted by atomic mass is 10.6. The molecule has 0 aromatic heterocycles. The normalized spacial score (nSPS) is 9.20. The van der Waals surface area contributed by atoms with Crippen LogP contribution < -0.4 is 0 Å². The van der Waals surface area contributed by atoms with Crippen LogP contribution in [0.25, 0.3) is 0 Å². The predicted octanol–water partition coefficient (Wildman–Crippen LogP) is 2.69. The van der Waals surface area contributed by atoms with E-state index in [1.54, 1.807) is 12.2 Å². The van der Waals surface area contributed by atoms with Gasteiger partial charge in [-0.15, -0.1) is 11.6 Å². The van der Waals surface area contributed by atoms with Gasteiger partial charge in [0.15, 0.2) is 0 Å². The highest BCUT2D eigenvalue weighted by Crippen LogP contribution is 1.75. The van der Waals surface area contributed by atoms with E-state index in [0.717, 1.165) is 12.3 Å².